The van der Waals surface area contributed by atoms with Crippen LogP contribution in [-0.4, -0.2) is 19.6 Å². The highest BCUT2D eigenvalue weighted by Gasteiger charge is 2.05. The number of carbonyl (C=O) groups excluding carboxylic acids is 1. The summed E-state index contributed by atoms with van der Waals surface area (Å²) in [5, 5.41) is 6.63. The zero-order valence-corrected chi connectivity index (χ0v) is 14.3. The molecule has 0 aromatic heterocycles. The molecular weight excluding hydrogens is 312 g/mol. The second-order valence-electron chi connectivity index (χ2n) is 5.45. The SMILES string of the molecule is COc1ccc(NCCC(=O)Nc2cc(C)cc(C)c2)cc1Cl. The summed E-state index contributed by atoms with van der Waals surface area (Å²) in [6, 6.07) is 11.4. The van der Waals surface area contributed by atoms with E-state index in [1.807, 2.05) is 32.0 Å². The summed E-state index contributed by atoms with van der Waals surface area (Å²) in [6.45, 7) is 4.55. The number of hydrogen-bond donors (Lipinski definition) is 2. The minimum Gasteiger partial charge on any atom is -0.495 e. The van der Waals surface area contributed by atoms with Gasteiger partial charge in [0.05, 0.1) is 12.1 Å². The fraction of sp³-hybridized carbons (Fsp3) is 0.278. The van der Waals surface area contributed by atoms with Gasteiger partial charge in [0.2, 0.25) is 5.91 Å². The summed E-state index contributed by atoms with van der Waals surface area (Å²) in [7, 11) is 1.58. The first kappa shape index (κ1) is 17.2. The Balaban J connectivity index is 1.84. The number of nitrogens with one attached hydrogen (secondary N) is 2. The zero-order chi connectivity index (χ0) is 16.8. The molecule has 0 atom stereocenters. The molecule has 2 rings (SSSR count). The average molecular weight is 333 g/mol. The fourth-order valence-electron chi connectivity index (χ4n) is 2.37. The van der Waals surface area contributed by atoms with Crippen LogP contribution in [0.1, 0.15) is 17.5 Å². The maximum Gasteiger partial charge on any atom is 0.226 e. The first-order valence-electron chi connectivity index (χ1n) is 7.43. The number of benzene rings is 2. The Kier molecular flexibility index (Phi) is 5.88. The molecule has 0 fully saturated rings. The number of methoxy groups -OCH3 is 1. The van der Waals surface area contributed by atoms with Crippen LogP contribution in [0, 0.1) is 13.8 Å². The lowest BCUT2D eigenvalue weighted by molar-refractivity contribution is -0.115. The number of aryl methyl sites for hydroxylation is 2. The van der Waals surface area contributed by atoms with Gasteiger partial charge in [0.1, 0.15) is 5.75 Å². The van der Waals surface area contributed by atoms with Gasteiger partial charge in [-0.1, -0.05) is 17.7 Å². The molecule has 0 aliphatic heterocycles. The Bertz CT molecular complexity index is 681. The average Bonchev–Trinajstić information content (AvgIpc) is 2.46. The van der Waals surface area contributed by atoms with Gasteiger partial charge in [-0.25, -0.2) is 0 Å². The van der Waals surface area contributed by atoms with Crippen LogP contribution in [0.4, 0.5) is 11.4 Å². The molecule has 0 radical (unpaired) electrons. The van der Waals surface area contributed by atoms with Crippen molar-refractivity contribution in [2.24, 2.45) is 0 Å². The van der Waals surface area contributed by atoms with E-state index in [1.165, 1.54) is 0 Å². The van der Waals surface area contributed by atoms with Crippen LogP contribution >= 0.6 is 11.6 Å². The molecule has 2 N–H and O–H groups in total. The van der Waals surface area contributed by atoms with Gasteiger partial charge in [-0.15, -0.1) is 0 Å². The van der Waals surface area contributed by atoms with E-state index in [0.29, 0.717) is 23.7 Å². The largest absolute Gasteiger partial charge is 0.495 e. The van der Waals surface area contributed by atoms with Gasteiger partial charge in [0.15, 0.2) is 0 Å². The van der Waals surface area contributed by atoms with Crippen LogP contribution in [0.3, 0.4) is 0 Å². The van der Waals surface area contributed by atoms with Crippen molar-refractivity contribution in [3.63, 3.8) is 0 Å². The third-order valence-electron chi connectivity index (χ3n) is 3.34. The topological polar surface area (TPSA) is 50.4 Å². The molecule has 2 aromatic rings. The second-order valence-corrected chi connectivity index (χ2v) is 5.86. The maximum atomic E-state index is 12.0. The normalized spacial score (nSPS) is 10.3. The highest BCUT2D eigenvalue weighted by molar-refractivity contribution is 6.32. The Morgan fingerprint density at radius 1 is 1.09 bits per heavy atom. The van der Waals surface area contributed by atoms with Crippen LogP contribution < -0.4 is 15.4 Å². The van der Waals surface area contributed by atoms with Gasteiger partial charge >= 0.3 is 0 Å². The van der Waals surface area contributed by atoms with E-state index < -0.39 is 0 Å². The minimum absolute atomic E-state index is 0.0258. The van der Waals surface area contributed by atoms with E-state index >= 15 is 0 Å². The Labute approximate surface area is 141 Å². The zero-order valence-electron chi connectivity index (χ0n) is 13.6. The molecule has 0 aliphatic carbocycles. The number of amides is 1. The van der Waals surface area contributed by atoms with Crippen LogP contribution in [0.25, 0.3) is 0 Å². The summed E-state index contributed by atoms with van der Waals surface area (Å²) in [5.74, 6) is 0.604. The van der Waals surface area contributed by atoms with Crippen molar-refractivity contribution < 1.29 is 9.53 Å². The molecule has 4 nitrogen and oxygen atoms in total. The molecule has 122 valence electrons. The van der Waals surface area contributed by atoms with E-state index in [2.05, 4.69) is 16.7 Å². The predicted molar refractivity (Wildman–Crippen MR) is 95.7 cm³/mol. The van der Waals surface area contributed by atoms with Crippen LogP contribution in [0.5, 0.6) is 5.75 Å². The third kappa shape index (κ3) is 5.18. The number of halogens is 1. The van der Waals surface area contributed by atoms with Crippen molar-refractivity contribution in [2.75, 3.05) is 24.3 Å². The van der Waals surface area contributed by atoms with Crippen LogP contribution in [0.2, 0.25) is 5.02 Å². The van der Waals surface area contributed by atoms with E-state index in [0.717, 1.165) is 22.5 Å². The Morgan fingerprint density at radius 3 is 2.39 bits per heavy atom. The molecule has 0 aliphatic rings. The molecule has 0 saturated heterocycles. The Morgan fingerprint density at radius 2 is 1.78 bits per heavy atom. The van der Waals surface area contributed by atoms with E-state index in [4.69, 9.17) is 16.3 Å². The predicted octanol–water partition coefficient (Wildman–Crippen LogP) is 4.41. The van der Waals surface area contributed by atoms with Gasteiger partial charge in [-0.3, -0.25) is 4.79 Å². The van der Waals surface area contributed by atoms with Crippen molar-refractivity contribution >= 4 is 28.9 Å². The number of ether oxygens (including phenoxy) is 1. The van der Waals surface area contributed by atoms with E-state index in [1.54, 1.807) is 19.2 Å². The van der Waals surface area contributed by atoms with Crippen molar-refractivity contribution in [1.29, 1.82) is 0 Å². The second kappa shape index (κ2) is 7.88. The summed E-state index contributed by atoms with van der Waals surface area (Å²) >= 11 is 6.06. The highest BCUT2D eigenvalue weighted by atomic mass is 35.5. The van der Waals surface area contributed by atoms with Crippen LogP contribution in [0.15, 0.2) is 36.4 Å². The van der Waals surface area contributed by atoms with Crippen molar-refractivity contribution in [1.82, 2.24) is 0 Å². The first-order valence-corrected chi connectivity index (χ1v) is 7.81. The molecule has 1 amide bonds. The molecule has 23 heavy (non-hydrogen) atoms. The number of hydrogen-bond acceptors (Lipinski definition) is 3. The minimum atomic E-state index is -0.0258. The van der Waals surface area contributed by atoms with Gasteiger partial charge in [0.25, 0.3) is 0 Å². The van der Waals surface area contributed by atoms with Gasteiger partial charge in [0, 0.05) is 24.3 Å². The van der Waals surface area contributed by atoms with Crippen molar-refractivity contribution in [2.45, 2.75) is 20.3 Å². The molecule has 2 aromatic carbocycles. The van der Waals surface area contributed by atoms with Gasteiger partial charge in [-0.2, -0.15) is 0 Å². The Hall–Kier alpha value is -2.20. The van der Waals surface area contributed by atoms with Gasteiger partial charge in [-0.05, 0) is 55.3 Å². The quantitative estimate of drug-likeness (QED) is 0.824. The van der Waals surface area contributed by atoms with Crippen molar-refractivity contribution in [3.05, 3.63) is 52.5 Å². The van der Waals surface area contributed by atoms with Crippen molar-refractivity contribution in [3.8, 4) is 5.75 Å². The van der Waals surface area contributed by atoms with Gasteiger partial charge < -0.3 is 15.4 Å². The summed E-state index contributed by atoms with van der Waals surface area (Å²) < 4.78 is 5.10. The lowest BCUT2D eigenvalue weighted by atomic mass is 10.1. The molecule has 0 spiro atoms. The maximum absolute atomic E-state index is 12.0. The lowest BCUT2D eigenvalue weighted by Gasteiger charge is -2.10. The summed E-state index contributed by atoms with van der Waals surface area (Å²) in [6.07, 6.45) is 0.372. The summed E-state index contributed by atoms with van der Waals surface area (Å²) in [4.78, 5) is 12.0. The molecule has 0 heterocycles. The molecule has 5 heteroatoms. The fourth-order valence-corrected chi connectivity index (χ4v) is 2.62. The molecule has 0 unspecified atom stereocenters. The highest BCUT2D eigenvalue weighted by Crippen LogP contribution is 2.27. The molecule has 0 saturated carbocycles. The van der Waals surface area contributed by atoms with Crippen LogP contribution in [-0.2, 0) is 4.79 Å². The summed E-state index contributed by atoms with van der Waals surface area (Å²) in [5.41, 5.74) is 3.95. The smallest absolute Gasteiger partial charge is 0.226 e. The number of carbonyl (C=O) groups is 1. The third-order valence-corrected chi connectivity index (χ3v) is 3.63. The number of rotatable bonds is 6. The lowest BCUT2D eigenvalue weighted by Crippen LogP contribution is -2.16. The number of anilines is 2. The standard InChI is InChI=1S/C18H21ClN2O2/c1-12-8-13(2)10-15(9-12)21-18(22)6-7-20-14-4-5-17(23-3)16(19)11-14/h4-5,8-11,20H,6-7H2,1-3H3,(H,21,22). The molecular formula is C18H21ClN2O2. The first-order chi connectivity index (χ1) is 11.0. The van der Waals surface area contributed by atoms with E-state index in [9.17, 15) is 4.79 Å². The monoisotopic (exact) mass is 332 g/mol. The molecule has 0 bridgehead atoms. The van der Waals surface area contributed by atoms with E-state index in [-0.39, 0.29) is 5.91 Å².